The van der Waals surface area contributed by atoms with E-state index in [1.54, 1.807) is 36.4 Å². The third kappa shape index (κ3) is 4.72. The number of esters is 1. The summed E-state index contributed by atoms with van der Waals surface area (Å²) in [5.74, 6) is 0.376. The van der Waals surface area contributed by atoms with Crippen molar-refractivity contribution in [3.8, 4) is 0 Å². The first-order valence-corrected chi connectivity index (χ1v) is 12.5. The van der Waals surface area contributed by atoms with Crippen molar-refractivity contribution < 1.29 is 14.6 Å². The maximum atomic E-state index is 13.5. The van der Waals surface area contributed by atoms with Crippen molar-refractivity contribution in [3.05, 3.63) is 65.7 Å². The molecule has 0 saturated carbocycles. The van der Waals surface area contributed by atoms with Gasteiger partial charge >= 0.3 is 5.97 Å². The number of benzene rings is 2. The van der Waals surface area contributed by atoms with Crippen LogP contribution in [0, 0.1) is 11.8 Å². The highest BCUT2D eigenvalue weighted by Gasteiger charge is 2.45. The molecule has 3 atom stereocenters. The minimum atomic E-state index is -1.88. The molecule has 34 heavy (non-hydrogen) atoms. The Morgan fingerprint density at radius 2 is 1.68 bits per heavy atom. The fourth-order valence-electron chi connectivity index (χ4n) is 5.48. The number of ether oxygens (including phenoxy) is 1. The van der Waals surface area contributed by atoms with E-state index in [9.17, 15) is 9.90 Å². The molecule has 7 nitrogen and oxygen atoms in total. The Labute approximate surface area is 201 Å². The lowest BCUT2D eigenvalue weighted by Gasteiger charge is -2.44. The molecule has 4 heterocycles. The summed E-state index contributed by atoms with van der Waals surface area (Å²) in [6.45, 7) is 6.94. The Hall–Kier alpha value is -2.77. The maximum Gasteiger partial charge on any atom is 0.348 e. The number of hydrogen-bond donors (Lipinski definition) is 1. The zero-order valence-corrected chi connectivity index (χ0v) is 19.8. The molecule has 0 amide bonds. The summed E-state index contributed by atoms with van der Waals surface area (Å²) in [7, 11) is 0. The van der Waals surface area contributed by atoms with E-state index < -0.39 is 11.6 Å². The van der Waals surface area contributed by atoms with Crippen molar-refractivity contribution in [3.63, 3.8) is 0 Å². The van der Waals surface area contributed by atoms with Crippen LogP contribution in [0.15, 0.2) is 64.9 Å². The number of nitrogens with zero attached hydrogens (tertiary/aromatic N) is 4. The third-order valence-electron chi connectivity index (χ3n) is 7.55. The molecule has 0 radical (unpaired) electrons. The fourth-order valence-corrected chi connectivity index (χ4v) is 5.48. The molecule has 0 spiro atoms. The summed E-state index contributed by atoms with van der Waals surface area (Å²) in [5.41, 5.74) is -0.234. The molecule has 0 aliphatic carbocycles. The summed E-state index contributed by atoms with van der Waals surface area (Å²) in [6, 6.07) is 16.1. The van der Waals surface area contributed by atoms with Crippen molar-refractivity contribution >= 4 is 11.7 Å². The van der Waals surface area contributed by atoms with Crippen molar-refractivity contribution in [1.82, 2.24) is 9.91 Å². The lowest BCUT2D eigenvalue weighted by molar-refractivity contribution is -0.177. The first-order chi connectivity index (χ1) is 16.5. The van der Waals surface area contributed by atoms with Gasteiger partial charge in [-0.05, 0) is 73.9 Å². The lowest BCUT2D eigenvalue weighted by atomic mass is 9.84. The van der Waals surface area contributed by atoms with Gasteiger partial charge in [0, 0.05) is 19.6 Å². The molecule has 180 valence electrons. The predicted octanol–water partition coefficient (Wildman–Crippen LogP) is 4.29. The fraction of sp³-hybridized carbons (Fsp3) is 0.519. The highest BCUT2D eigenvalue weighted by Crippen LogP contribution is 2.36. The van der Waals surface area contributed by atoms with E-state index in [4.69, 9.17) is 4.74 Å². The van der Waals surface area contributed by atoms with Crippen molar-refractivity contribution in [2.75, 3.05) is 32.7 Å². The number of carbonyl (C=O) groups is 1. The summed E-state index contributed by atoms with van der Waals surface area (Å²) in [4.78, 5) is 15.9. The molecule has 4 aliphatic heterocycles. The molecular weight excluding hydrogens is 428 g/mol. The summed E-state index contributed by atoms with van der Waals surface area (Å²) >= 11 is 0. The molecule has 4 saturated heterocycles. The van der Waals surface area contributed by atoms with Gasteiger partial charge in [-0.25, -0.2) is 4.79 Å². The molecule has 7 heteroatoms. The van der Waals surface area contributed by atoms with Gasteiger partial charge in [-0.1, -0.05) is 54.6 Å². The number of hydrogen-bond acceptors (Lipinski definition) is 6. The van der Waals surface area contributed by atoms with Gasteiger partial charge in [-0.3, -0.25) is 9.91 Å². The Kier molecular flexibility index (Phi) is 6.66. The number of rotatable bonds is 6. The van der Waals surface area contributed by atoms with Gasteiger partial charge in [-0.15, -0.1) is 5.11 Å². The van der Waals surface area contributed by atoms with E-state index in [0.29, 0.717) is 28.7 Å². The third-order valence-corrected chi connectivity index (χ3v) is 7.55. The van der Waals surface area contributed by atoms with Crippen LogP contribution in [0.1, 0.15) is 43.7 Å². The second-order valence-electron chi connectivity index (χ2n) is 10.1. The summed E-state index contributed by atoms with van der Waals surface area (Å²) in [6.07, 6.45) is 4.26. The van der Waals surface area contributed by atoms with E-state index in [-0.39, 0.29) is 6.10 Å². The molecule has 0 aromatic heterocycles. The minimum absolute atomic E-state index is 0.176. The standard InChI is InChI=1S/C27H34N4O3/c1-20-6-5-15-31(18-20)29-28-24-11-9-23(10-12-24)27(33,22-7-3-2-4-8-22)26(32)34-25-19-30-16-13-21(25)14-17-30/h2-4,7-12,20-21,25,33H,5-6,13-19H2,1H3. The number of piperidine rings is 4. The minimum Gasteiger partial charge on any atom is -0.458 e. The van der Waals surface area contributed by atoms with Crippen LogP contribution < -0.4 is 0 Å². The van der Waals surface area contributed by atoms with E-state index in [1.165, 1.54) is 6.42 Å². The van der Waals surface area contributed by atoms with Crippen LogP contribution in [0.4, 0.5) is 5.69 Å². The Morgan fingerprint density at radius 3 is 2.32 bits per heavy atom. The van der Waals surface area contributed by atoms with Crippen molar-refractivity contribution in [2.45, 2.75) is 44.3 Å². The molecule has 4 fully saturated rings. The monoisotopic (exact) mass is 462 g/mol. The van der Waals surface area contributed by atoms with E-state index in [0.717, 1.165) is 52.0 Å². The summed E-state index contributed by atoms with van der Waals surface area (Å²) in [5, 5.41) is 22.6. The van der Waals surface area contributed by atoms with Gasteiger partial charge in [-0.2, -0.15) is 0 Å². The summed E-state index contributed by atoms with van der Waals surface area (Å²) < 4.78 is 5.99. The molecule has 1 N–H and O–H groups in total. The smallest absolute Gasteiger partial charge is 0.348 e. The zero-order chi connectivity index (χ0) is 23.5. The van der Waals surface area contributed by atoms with E-state index in [1.807, 2.05) is 23.2 Å². The Bertz CT molecular complexity index is 1000. The SMILES string of the molecule is CC1CCCN(N=Nc2ccc(C(O)(C(=O)OC3CN4CCC3CC4)c3ccccc3)cc2)C1. The Balaban J connectivity index is 1.37. The van der Waals surface area contributed by atoms with Crippen LogP contribution in [-0.2, 0) is 15.1 Å². The number of carbonyl (C=O) groups excluding carboxylic acids is 1. The molecule has 3 unspecified atom stereocenters. The Morgan fingerprint density at radius 1 is 0.971 bits per heavy atom. The highest BCUT2D eigenvalue weighted by atomic mass is 16.6. The van der Waals surface area contributed by atoms with E-state index >= 15 is 0 Å². The maximum absolute atomic E-state index is 13.5. The van der Waals surface area contributed by atoms with Gasteiger partial charge in [0.15, 0.2) is 0 Å². The first kappa shape index (κ1) is 23.0. The average molecular weight is 463 g/mol. The van der Waals surface area contributed by atoms with Gasteiger partial charge < -0.3 is 9.84 Å². The average Bonchev–Trinajstić information content (AvgIpc) is 2.88. The molecule has 2 aromatic rings. The number of aliphatic hydroxyl groups is 1. The molecule has 2 aromatic carbocycles. The number of fused-ring (bicyclic) bond motifs is 3. The molecule has 6 rings (SSSR count). The van der Waals surface area contributed by atoms with Crippen molar-refractivity contribution in [1.29, 1.82) is 0 Å². The topological polar surface area (TPSA) is 77.7 Å². The molecule has 2 bridgehead atoms. The van der Waals surface area contributed by atoms with E-state index in [2.05, 4.69) is 22.2 Å². The van der Waals surface area contributed by atoms with Gasteiger partial charge in [0.05, 0.1) is 5.69 Å². The van der Waals surface area contributed by atoms with Gasteiger partial charge in [0.2, 0.25) is 5.60 Å². The van der Waals surface area contributed by atoms with Crippen LogP contribution in [-0.4, -0.2) is 59.8 Å². The second-order valence-corrected chi connectivity index (χ2v) is 10.1. The zero-order valence-electron chi connectivity index (χ0n) is 19.8. The van der Waals surface area contributed by atoms with Crippen LogP contribution in [0.3, 0.4) is 0 Å². The first-order valence-electron chi connectivity index (χ1n) is 12.5. The van der Waals surface area contributed by atoms with Crippen LogP contribution >= 0.6 is 0 Å². The lowest BCUT2D eigenvalue weighted by Crippen LogP contribution is -2.53. The molecule has 4 aliphatic rings. The predicted molar refractivity (Wildman–Crippen MR) is 129 cm³/mol. The van der Waals surface area contributed by atoms with Gasteiger partial charge in [0.25, 0.3) is 0 Å². The van der Waals surface area contributed by atoms with Gasteiger partial charge in [0.1, 0.15) is 6.10 Å². The highest BCUT2D eigenvalue weighted by molar-refractivity contribution is 5.85. The normalized spacial score (nSPS) is 28.6. The largest absolute Gasteiger partial charge is 0.458 e. The van der Waals surface area contributed by atoms with Crippen LogP contribution in [0.25, 0.3) is 0 Å². The van der Waals surface area contributed by atoms with Crippen LogP contribution in [0.5, 0.6) is 0 Å². The van der Waals surface area contributed by atoms with Crippen LogP contribution in [0.2, 0.25) is 0 Å². The molecular formula is C27H34N4O3. The quantitative estimate of drug-likeness (QED) is 0.512. The van der Waals surface area contributed by atoms with Crippen molar-refractivity contribution in [2.24, 2.45) is 22.2 Å². The second kappa shape index (κ2) is 9.84.